The molecule has 0 unspecified atom stereocenters. The zero-order valence-electron chi connectivity index (χ0n) is 21.3. The van der Waals surface area contributed by atoms with E-state index in [4.69, 9.17) is 4.98 Å². The summed E-state index contributed by atoms with van der Waals surface area (Å²) < 4.78 is 2.35. The van der Waals surface area contributed by atoms with E-state index in [-0.39, 0.29) is 0 Å². The standard InChI is InChI=1S/C37H24N2/c1-3-12-25(13-4-1)28-19-11-20-33-36(28)30-17-7-8-18-31(30)37(38-33)26-22-23-35-32(24-26)29-16-9-10-21-34(29)39(35)27-14-5-2-6-15-27/h1-24H. The number of nitrogens with zero attached hydrogens (tertiary/aromatic N) is 2. The van der Waals surface area contributed by atoms with Crippen LogP contribution in [0.1, 0.15) is 0 Å². The summed E-state index contributed by atoms with van der Waals surface area (Å²) in [7, 11) is 0. The van der Waals surface area contributed by atoms with Crippen molar-refractivity contribution in [3.63, 3.8) is 0 Å². The maximum Gasteiger partial charge on any atom is 0.0788 e. The van der Waals surface area contributed by atoms with Crippen LogP contribution in [-0.2, 0) is 0 Å². The Morgan fingerprint density at radius 2 is 1.10 bits per heavy atom. The van der Waals surface area contributed by atoms with Crippen molar-refractivity contribution in [3.8, 4) is 28.1 Å². The topological polar surface area (TPSA) is 17.8 Å². The normalized spacial score (nSPS) is 11.6. The quantitative estimate of drug-likeness (QED) is 0.223. The summed E-state index contributed by atoms with van der Waals surface area (Å²) in [5, 5.41) is 6.07. The van der Waals surface area contributed by atoms with Crippen molar-refractivity contribution in [3.05, 3.63) is 146 Å². The molecule has 0 saturated carbocycles. The first-order chi connectivity index (χ1) is 19.4. The number of benzene rings is 6. The number of para-hydroxylation sites is 2. The first kappa shape index (κ1) is 21.8. The van der Waals surface area contributed by atoms with Gasteiger partial charge in [0.15, 0.2) is 0 Å². The summed E-state index contributed by atoms with van der Waals surface area (Å²) in [6.45, 7) is 0. The van der Waals surface area contributed by atoms with E-state index in [0.717, 1.165) is 16.8 Å². The average Bonchev–Trinajstić information content (AvgIpc) is 3.35. The van der Waals surface area contributed by atoms with Crippen LogP contribution < -0.4 is 0 Å². The van der Waals surface area contributed by atoms with Gasteiger partial charge in [-0.1, -0.05) is 109 Å². The zero-order valence-corrected chi connectivity index (χ0v) is 21.3. The lowest BCUT2D eigenvalue weighted by molar-refractivity contribution is 1.18. The molecule has 2 heteroatoms. The van der Waals surface area contributed by atoms with Crippen molar-refractivity contribution >= 4 is 43.5 Å². The lowest BCUT2D eigenvalue weighted by atomic mass is 9.94. The van der Waals surface area contributed by atoms with Gasteiger partial charge >= 0.3 is 0 Å². The Hall–Kier alpha value is -5.21. The zero-order chi connectivity index (χ0) is 25.8. The van der Waals surface area contributed by atoms with Crippen LogP contribution in [0, 0.1) is 0 Å². The van der Waals surface area contributed by atoms with Gasteiger partial charge in [0.25, 0.3) is 0 Å². The monoisotopic (exact) mass is 496 g/mol. The van der Waals surface area contributed by atoms with E-state index in [2.05, 4.69) is 150 Å². The summed E-state index contributed by atoms with van der Waals surface area (Å²) in [5.74, 6) is 0. The molecule has 0 N–H and O–H groups in total. The summed E-state index contributed by atoms with van der Waals surface area (Å²) in [6, 6.07) is 51.8. The van der Waals surface area contributed by atoms with Gasteiger partial charge in [0, 0.05) is 32.8 Å². The Morgan fingerprint density at radius 3 is 1.92 bits per heavy atom. The SMILES string of the molecule is c1ccc(-c2cccc3nc(-c4ccc5c(c4)c4ccccc4n5-c4ccccc4)c4ccccc4c23)cc1. The Kier molecular flexibility index (Phi) is 4.86. The van der Waals surface area contributed by atoms with E-state index in [1.807, 2.05) is 0 Å². The van der Waals surface area contributed by atoms with E-state index < -0.39 is 0 Å². The molecule has 0 radical (unpaired) electrons. The number of rotatable bonds is 3. The highest BCUT2D eigenvalue weighted by Crippen LogP contribution is 2.40. The third kappa shape index (κ3) is 3.39. The highest BCUT2D eigenvalue weighted by atomic mass is 15.0. The van der Waals surface area contributed by atoms with Crippen LogP contribution in [-0.4, -0.2) is 9.55 Å². The van der Waals surface area contributed by atoms with Crippen molar-refractivity contribution in [2.24, 2.45) is 0 Å². The van der Waals surface area contributed by atoms with Gasteiger partial charge in [-0.2, -0.15) is 0 Å². The van der Waals surface area contributed by atoms with Crippen LogP contribution >= 0.6 is 0 Å². The minimum atomic E-state index is 1.01. The van der Waals surface area contributed by atoms with Crippen LogP contribution in [0.2, 0.25) is 0 Å². The van der Waals surface area contributed by atoms with Crippen LogP contribution in [0.3, 0.4) is 0 Å². The van der Waals surface area contributed by atoms with Gasteiger partial charge in [-0.15, -0.1) is 0 Å². The summed E-state index contributed by atoms with van der Waals surface area (Å²) >= 11 is 0. The number of hydrogen-bond donors (Lipinski definition) is 0. The highest BCUT2D eigenvalue weighted by Gasteiger charge is 2.17. The van der Waals surface area contributed by atoms with E-state index in [1.165, 1.54) is 54.8 Å². The minimum Gasteiger partial charge on any atom is -0.309 e. The summed E-state index contributed by atoms with van der Waals surface area (Å²) in [4.78, 5) is 5.30. The fraction of sp³-hybridized carbons (Fsp3) is 0. The van der Waals surface area contributed by atoms with Gasteiger partial charge < -0.3 is 4.57 Å². The minimum absolute atomic E-state index is 1.01. The van der Waals surface area contributed by atoms with E-state index in [9.17, 15) is 0 Å². The lowest BCUT2D eigenvalue weighted by Crippen LogP contribution is -1.94. The predicted molar refractivity (Wildman–Crippen MR) is 164 cm³/mol. The molecule has 39 heavy (non-hydrogen) atoms. The Bertz CT molecular complexity index is 2160. The third-order valence-electron chi connectivity index (χ3n) is 7.77. The Morgan fingerprint density at radius 1 is 0.436 bits per heavy atom. The second-order valence-electron chi connectivity index (χ2n) is 9.99. The van der Waals surface area contributed by atoms with Gasteiger partial charge in [-0.05, 0) is 52.9 Å². The second-order valence-corrected chi connectivity index (χ2v) is 9.99. The maximum absolute atomic E-state index is 5.30. The smallest absolute Gasteiger partial charge is 0.0788 e. The third-order valence-corrected chi connectivity index (χ3v) is 7.77. The van der Waals surface area contributed by atoms with Gasteiger partial charge in [0.05, 0.1) is 22.2 Å². The van der Waals surface area contributed by atoms with Crippen molar-refractivity contribution in [2.75, 3.05) is 0 Å². The summed E-state index contributed by atoms with van der Waals surface area (Å²) in [5.41, 5.74) is 9.14. The van der Waals surface area contributed by atoms with Crippen molar-refractivity contribution < 1.29 is 0 Å². The Balaban J connectivity index is 1.42. The first-order valence-corrected chi connectivity index (χ1v) is 13.3. The first-order valence-electron chi connectivity index (χ1n) is 13.3. The summed E-state index contributed by atoms with van der Waals surface area (Å²) in [6.07, 6.45) is 0. The molecule has 6 aromatic carbocycles. The number of aromatic nitrogens is 2. The molecule has 8 aromatic rings. The molecular formula is C37H24N2. The maximum atomic E-state index is 5.30. The fourth-order valence-corrected chi connectivity index (χ4v) is 6.06. The predicted octanol–water partition coefficient (Wildman–Crippen LogP) is 9.82. The van der Waals surface area contributed by atoms with Gasteiger partial charge in [-0.3, -0.25) is 0 Å². The van der Waals surface area contributed by atoms with Crippen LogP contribution in [0.25, 0.3) is 71.6 Å². The molecule has 2 aromatic heterocycles. The second kappa shape index (κ2) is 8.68. The molecule has 0 saturated heterocycles. The molecule has 0 fully saturated rings. The molecule has 2 heterocycles. The van der Waals surface area contributed by atoms with Crippen LogP contribution in [0.4, 0.5) is 0 Å². The van der Waals surface area contributed by atoms with Gasteiger partial charge in [0.1, 0.15) is 0 Å². The highest BCUT2D eigenvalue weighted by molar-refractivity contribution is 6.17. The molecule has 0 bridgehead atoms. The molecule has 0 amide bonds. The van der Waals surface area contributed by atoms with Gasteiger partial charge in [0.2, 0.25) is 0 Å². The lowest BCUT2D eigenvalue weighted by Gasteiger charge is -2.14. The number of hydrogen-bond acceptors (Lipinski definition) is 1. The fourth-order valence-electron chi connectivity index (χ4n) is 6.06. The van der Waals surface area contributed by atoms with E-state index >= 15 is 0 Å². The Labute approximate surface area is 226 Å². The molecule has 0 aliphatic rings. The largest absolute Gasteiger partial charge is 0.309 e. The molecule has 0 atom stereocenters. The molecule has 8 rings (SSSR count). The van der Waals surface area contributed by atoms with Crippen LogP contribution in [0.5, 0.6) is 0 Å². The molecule has 0 aliphatic carbocycles. The number of pyridine rings is 1. The van der Waals surface area contributed by atoms with E-state index in [1.54, 1.807) is 0 Å². The van der Waals surface area contributed by atoms with Crippen molar-refractivity contribution in [2.45, 2.75) is 0 Å². The average molecular weight is 497 g/mol. The van der Waals surface area contributed by atoms with Crippen LogP contribution in [0.15, 0.2) is 146 Å². The molecule has 182 valence electrons. The van der Waals surface area contributed by atoms with Crippen molar-refractivity contribution in [1.82, 2.24) is 9.55 Å². The molecule has 0 spiro atoms. The van der Waals surface area contributed by atoms with Gasteiger partial charge in [-0.25, -0.2) is 4.98 Å². The number of fused-ring (bicyclic) bond motifs is 6. The molecule has 0 aliphatic heterocycles. The molecule has 2 nitrogen and oxygen atoms in total. The molecular weight excluding hydrogens is 472 g/mol. The van der Waals surface area contributed by atoms with Crippen molar-refractivity contribution in [1.29, 1.82) is 0 Å². The van der Waals surface area contributed by atoms with E-state index in [0.29, 0.717) is 0 Å².